The molecule has 0 aliphatic carbocycles. The number of rotatable bonds is 5. The Balaban J connectivity index is 1.82. The second kappa shape index (κ2) is 7.25. The minimum Gasteiger partial charge on any atom is -0.354 e. The van der Waals surface area contributed by atoms with Crippen molar-refractivity contribution in [3.63, 3.8) is 0 Å². The number of alkyl halides is 1. The van der Waals surface area contributed by atoms with Crippen LogP contribution in [0.15, 0.2) is 24.4 Å². The highest BCUT2D eigenvalue weighted by atomic mass is 79.9. The molecule has 0 saturated carbocycles. The quantitative estimate of drug-likeness (QED) is 0.776. The normalized spacial score (nSPS) is 18.8. The summed E-state index contributed by atoms with van der Waals surface area (Å²) in [5.74, 6) is 2.61. The third-order valence-electron chi connectivity index (χ3n) is 3.98. The van der Waals surface area contributed by atoms with Gasteiger partial charge >= 0.3 is 0 Å². The lowest BCUT2D eigenvalue weighted by Crippen LogP contribution is -2.48. The van der Waals surface area contributed by atoms with Crippen molar-refractivity contribution in [3.8, 4) is 0 Å². The second-order valence-corrected chi connectivity index (χ2v) is 6.28. The molecule has 1 atom stereocenters. The van der Waals surface area contributed by atoms with E-state index < -0.39 is 0 Å². The number of piperazine rings is 1. The fourth-order valence-corrected chi connectivity index (χ4v) is 3.42. The molecule has 0 bridgehead atoms. The van der Waals surface area contributed by atoms with E-state index >= 15 is 0 Å². The molecule has 0 amide bonds. The maximum Gasteiger partial charge on any atom is 0.128 e. The zero-order valence-electron chi connectivity index (χ0n) is 11.9. The molecule has 0 N–H and O–H groups in total. The van der Waals surface area contributed by atoms with Crippen LogP contribution in [0.3, 0.4) is 0 Å². The molecule has 1 aliphatic rings. The molecule has 2 rings (SSSR count). The molecule has 1 fully saturated rings. The van der Waals surface area contributed by atoms with Crippen molar-refractivity contribution in [2.45, 2.75) is 13.8 Å². The number of nitrogens with zero attached hydrogens (tertiary/aromatic N) is 3. The molecule has 19 heavy (non-hydrogen) atoms. The van der Waals surface area contributed by atoms with Crippen molar-refractivity contribution in [3.05, 3.63) is 24.4 Å². The van der Waals surface area contributed by atoms with Crippen molar-refractivity contribution in [2.24, 2.45) is 11.8 Å². The average molecular weight is 326 g/mol. The van der Waals surface area contributed by atoms with Crippen LogP contribution in [0.2, 0.25) is 0 Å². The first-order valence-electron chi connectivity index (χ1n) is 7.15. The first-order valence-corrected chi connectivity index (χ1v) is 8.27. The van der Waals surface area contributed by atoms with Gasteiger partial charge in [0.25, 0.3) is 0 Å². The third-order valence-corrected chi connectivity index (χ3v) is 4.81. The van der Waals surface area contributed by atoms with Crippen LogP contribution < -0.4 is 4.90 Å². The van der Waals surface area contributed by atoms with Crippen molar-refractivity contribution in [1.82, 2.24) is 9.88 Å². The topological polar surface area (TPSA) is 19.4 Å². The summed E-state index contributed by atoms with van der Waals surface area (Å²) in [4.78, 5) is 9.41. The van der Waals surface area contributed by atoms with Gasteiger partial charge in [-0.05, 0) is 24.0 Å². The highest BCUT2D eigenvalue weighted by Gasteiger charge is 2.21. The zero-order valence-corrected chi connectivity index (χ0v) is 13.5. The first-order chi connectivity index (χ1) is 9.20. The van der Waals surface area contributed by atoms with E-state index in [2.05, 4.69) is 56.7 Å². The van der Waals surface area contributed by atoms with Crippen LogP contribution in [-0.2, 0) is 0 Å². The van der Waals surface area contributed by atoms with E-state index in [0.717, 1.165) is 49.2 Å². The van der Waals surface area contributed by atoms with Crippen molar-refractivity contribution in [2.75, 3.05) is 43.0 Å². The summed E-state index contributed by atoms with van der Waals surface area (Å²) in [6.45, 7) is 10.3. The Hall–Kier alpha value is -0.610. The summed E-state index contributed by atoms with van der Waals surface area (Å²) >= 11 is 3.64. The van der Waals surface area contributed by atoms with Gasteiger partial charge in [-0.1, -0.05) is 35.8 Å². The molecule has 4 heteroatoms. The molecule has 0 radical (unpaired) electrons. The zero-order chi connectivity index (χ0) is 13.7. The van der Waals surface area contributed by atoms with Gasteiger partial charge in [-0.3, -0.25) is 4.90 Å². The molecule has 1 unspecified atom stereocenters. The predicted octanol–water partition coefficient (Wildman–Crippen LogP) is 2.87. The van der Waals surface area contributed by atoms with E-state index in [1.807, 2.05) is 12.3 Å². The third kappa shape index (κ3) is 4.18. The van der Waals surface area contributed by atoms with E-state index in [1.165, 1.54) is 6.54 Å². The van der Waals surface area contributed by atoms with E-state index in [1.54, 1.807) is 0 Å². The smallest absolute Gasteiger partial charge is 0.128 e. The fourth-order valence-electron chi connectivity index (χ4n) is 2.47. The number of halogens is 1. The molecule has 0 aromatic carbocycles. The fraction of sp³-hybridized carbons (Fsp3) is 0.667. The Bertz CT molecular complexity index is 361. The number of hydrogen-bond acceptors (Lipinski definition) is 3. The van der Waals surface area contributed by atoms with E-state index in [4.69, 9.17) is 0 Å². The molecular weight excluding hydrogens is 302 g/mol. The lowest BCUT2D eigenvalue weighted by atomic mass is 9.97. The molecular formula is C15H24BrN3. The van der Waals surface area contributed by atoms with Crippen molar-refractivity contribution < 1.29 is 0 Å². The minimum absolute atomic E-state index is 0.744. The van der Waals surface area contributed by atoms with Crippen molar-refractivity contribution in [1.29, 1.82) is 0 Å². The molecule has 0 spiro atoms. The SMILES string of the molecule is CC(C)C(CBr)CN1CCN(c2ccccn2)CC1. The van der Waals surface area contributed by atoms with Gasteiger partial charge in [0.15, 0.2) is 0 Å². The van der Waals surface area contributed by atoms with Crippen LogP contribution in [0.1, 0.15) is 13.8 Å². The summed E-state index contributed by atoms with van der Waals surface area (Å²) in [7, 11) is 0. The van der Waals surface area contributed by atoms with E-state index in [9.17, 15) is 0 Å². The number of aromatic nitrogens is 1. The van der Waals surface area contributed by atoms with Gasteiger partial charge in [0.2, 0.25) is 0 Å². The summed E-state index contributed by atoms with van der Waals surface area (Å²) < 4.78 is 0. The average Bonchev–Trinajstić information content (AvgIpc) is 2.46. The maximum atomic E-state index is 4.43. The first kappa shape index (κ1) is 14.8. The number of hydrogen-bond donors (Lipinski definition) is 0. The van der Waals surface area contributed by atoms with E-state index in [0.29, 0.717) is 0 Å². The second-order valence-electron chi connectivity index (χ2n) is 5.63. The van der Waals surface area contributed by atoms with Gasteiger partial charge in [-0.2, -0.15) is 0 Å². The summed E-state index contributed by atoms with van der Waals surface area (Å²) in [6, 6.07) is 6.14. The summed E-state index contributed by atoms with van der Waals surface area (Å²) in [6.07, 6.45) is 1.88. The van der Waals surface area contributed by atoms with Gasteiger partial charge < -0.3 is 4.90 Å². The van der Waals surface area contributed by atoms with Gasteiger partial charge in [-0.15, -0.1) is 0 Å². The monoisotopic (exact) mass is 325 g/mol. The largest absolute Gasteiger partial charge is 0.354 e. The summed E-state index contributed by atoms with van der Waals surface area (Å²) in [5, 5.41) is 1.10. The van der Waals surface area contributed by atoms with Crippen LogP contribution in [0.5, 0.6) is 0 Å². The van der Waals surface area contributed by atoms with Crippen LogP contribution in [0.25, 0.3) is 0 Å². The number of pyridine rings is 1. The summed E-state index contributed by atoms with van der Waals surface area (Å²) in [5.41, 5.74) is 0. The Kier molecular flexibility index (Phi) is 5.64. The van der Waals surface area contributed by atoms with Gasteiger partial charge in [0, 0.05) is 44.3 Å². The van der Waals surface area contributed by atoms with Gasteiger partial charge in [-0.25, -0.2) is 4.98 Å². The Morgan fingerprint density at radius 2 is 1.95 bits per heavy atom. The molecule has 1 aliphatic heterocycles. The van der Waals surface area contributed by atoms with Crippen LogP contribution in [-0.4, -0.2) is 47.9 Å². The Morgan fingerprint density at radius 1 is 1.21 bits per heavy atom. The molecule has 1 aromatic rings. The lowest BCUT2D eigenvalue weighted by molar-refractivity contribution is 0.204. The lowest BCUT2D eigenvalue weighted by Gasteiger charge is -2.37. The molecule has 2 heterocycles. The van der Waals surface area contributed by atoms with Gasteiger partial charge in [0.05, 0.1) is 0 Å². The molecule has 1 aromatic heterocycles. The molecule has 1 saturated heterocycles. The predicted molar refractivity (Wildman–Crippen MR) is 85.0 cm³/mol. The number of anilines is 1. The highest BCUT2D eigenvalue weighted by molar-refractivity contribution is 9.09. The Labute approximate surface area is 125 Å². The van der Waals surface area contributed by atoms with Crippen LogP contribution in [0, 0.1) is 11.8 Å². The molecule has 106 valence electrons. The highest BCUT2D eigenvalue weighted by Crippen LogP contribution is 2.18. The maximum absolute atomic E-state index is 4.43. The van der Waals surface area contributed by atoms with Crippen LogP contribution >= 0.6 is 15.9 Å². The van der Waals surface area contributed by atoms with E-state index in [-0.39, 0.29) is 0 Å². The van der Waals surface area contributed by atoms with Crippen LogP contribution in [0.4, 0.5) is 5.82 Å². The standard InChI is InChI=1S/C15H24BrN3/c1-13(2)14(11-16)12-18-7-9-19(10-8-18)15-5-3-4-6-17-15/h3-6,13-14H,7-12H2,1-2H3. The molecule has 3 nitrogen and oxygen atoms in total. The van der Waals surface area contributed by atoms with Crippen molar-refractivity contribution >= 4 is 21.7 Å². The Morgan fingerprint density at radius 3 is 2.47 bits per heavy atom. The van der Waals surface area contributed by atoms with Gasteiger partial charge in [0.1, 0.15) is 5.82 Å². The minimum atomic E-state index is 0.744.